The van der Waals surface area contributed by atoms with Crippen LogP contribution in [0.15, 0.2) is 67.0 Å². The van der Waals surface area contributed by atoms with Crippen molar-refractivity contribution < 1.29 is 0 Å². The van der Waals surface area contributed by atoms with Crippen molar-refractivity contribution in [3.8, 4) is 11.4 Å². The first-order chi connectivity index (χ1) is 9.43. The van der Waals surface area contributed by atoms with Crippen LogP contribution in [0.5, 0.6) is 0 Å². The van der Waals surface area contributed by atoms with E-state index in [0.717, 1.165) is 17.6 Å². The zero-order chi connectivity index (χ0) is 12.9. The molecule has 0 unspecified atom stereocenters. The van der Waals surface area contributed by atoms with Gasteiger partial charge in [0.15, 0.2) is 11.6 Å². The van der Waals surface area contributed by atoms with Gasteiger partial charge in [0.2, 0.25) is 0 Å². The van der Waals surface area contributed by atoms with Gasteiger partial charge >= 0.3 is 0 Å². The molecule has 0 fully saturated rings. The molecular weight excluding hydrogens is 234 g/mol. The summed E-state index contributed by atoms with van der Waals surface area (Å²) in [6.07, 6.45) is 12.8. The van der Waals surface area contributed by atoms with Crippen LogP contribution in [0.4, 0.5) is 0 Å². The summed E-state index contributed by atoms with van der Waals surface area (Å²) in [4.78, 5) is 13.0. The molecule has 0 bridgehead atoms. The number of hydrogen-bond donors (Lipinski definition) is 0. The van der Waals surface area contributed by atoms with Gasteiger partial charge in [-0.3, -0.25) is 0 Å². The summed E-state index contributed by atoms with van der Waals surface area (Å²) in [6, 6.07) is 9.93. The minimum Gasteiger partial charge on any atom is -0.217 e. The fraction of sp³-hybridized carbons (Fsp3) is 0.0625. The van der Waals surface area contributed by atoms with Gasteiger partial charge in [0, 0.05) is 11.1 Å². The van der Waals surface area contributed by atoms with Crippen LogP contribution in [-0.4, -0.2) is 15.0 Å². The molecule has 92 valence electrons. The van der Waals surface area contributed by atoms with E-state index >= 15 is 0 Å². The molecule has 0 spiro atoms. The second kappa shape index (κ2) is 5.40. The van der Waals surface area contributed by atoms with Gasteiger partial charge in [0.05, 0.1) is 0 Å². The molecule has 19 heavy (non-hydrogen) atoms. The Balaban J connectivity index is 2.01. The van der Waals surface area contributed by atoms with Crippen molar-refractivity contribution in [3.63, 3.8) is 0 Å². The number of aromatic nitrogens is 3. The molecule has 1 aromatic carbocycles. The molecule has 1 aliphatic rings. The van der Waals surface area contributed by atoms with Crippen LogP contribution in [0.1, 0.15) is 12.2 Å². The molecule has 3 nitrogen and oxygen atoms in total. The molecule has 3 rings (SSSR count). The van der Waals surface area contributed by atoms with E-state index in [9.17, 15) is 0 Å². The molecule has 0 radical (unpaired) electrons. The Kier molecular flexibility index (Phi) is 3.28. The molecule has 0 aliphatic heterocycles. The highest BCUT2D eigenvalue weighted by Gasteiger charge is 2.06. The Morgan fingerprint density at radius 1 is 0.895 bits per heavy atom. The van der Waals surface area contributed by atoms with E-state index in [0.29, 0.717) is 11.6 Å². The van der Waals surface area contributed by atoms with E-state index in [4.69, 9.17) is 0 Å². The van der Waals surface area contributed by atoms with Crippen molar-refractivity contribution >= 4 is 5.57 Å². The van der Waals surface area contributed by atoms with Gasteiger partial charge in [-0.05, 0) is 6.42 Å². The van der Waals surface area contributed by atoms with Crippen LogP contribution in [0, 0.1) is 0 Å². The van der Waals surface area contributed by atoms with Crippen LogP contribution in [-0.2, 0) is 0 Å². The van der Waals surface area contributed by atoms with Crippen molar-refractivity contribution in [3.05, 3.63) is 72.9 Å². The van der Waals surface area contributed by atoms with E-state index in [1.54, 1.807) is 6.33 Å². The average Bonchev–Trinajstić information content (AvgIpc) is 2.77. The zero-order valence-electron chi connectivity index (χ0n) is 10.4. The summed E-state index contributed by atoms with van der Waals surface area (Å²) in [5, 5.41) is 0. The SMILES string of the molecule is C1=CCC=CC(c2ncnc(-c3ccccc3)n2)=C1. The standard InChI is InChI=1S/C16H13N3/c1-2-5-9-13(8-4-1)15-17-12-18-16(19-15)14-10-6-3-7-11-14/h1,3-12H,2H2. The number of nitrogens with zero attached hydrogens (tertiary/aromatic N) is 3. The van der Waals surface area contributed by atoms with E-state index in [1.165, 1.54) is 0 Å². The van der Waals surface area contributed by atoms with Crippen molar-refractivity contribution in [2.45, 2.75) is 6.42 Å². The molecule has 3 heteroatoms. The van der Waals surface area contributed by atoms with Crippen molar-refractivity contribution in [2.75, 3.05) is 0 Å². The van der Waals surface area contributed by atoms with Gasteiger partial charge in [-0.25, -0.2) is 15.0 Å². The fourth-order valence-corrected chi connectivity index (χ4v) is 1.89. The Morgan fingerprint density at radius 2 is 1.74 bits per heavy atom. The quantitative estimate of drug-likeness (QED) is 0.816. The smallest absolute Gasteiger partial charge is 0.163 e. The van der Waals surface area contributed by atoms with E-state index in [1.807, 2.05) is 48.6 Å². The molecule has 1 aliphatic carbocycles. The van der Waals surface area contributed by atoms with Crippen LogP contribution in [0.25, 0.3) is 17.0 Å². The molecule has 0 saturated heterocycles. The van der Waals surface area contributed by atoms with Gasteiger partial charge in [-0.15, -0.1) is 0 Å². The van der Waals surface area contributed by atoms with Crippen LogP contribution in [0.2, 0.25) is 0 Å². The predicted octanol–water partition coefficient (Wildman–Crippen LogP) is 3.44. The van der Waals surface area contributed by atoms with Gasteiger partial charge < -0.3 is 0 Å². The Labute approximate surface area is 112 Å². The predicted molar refractivity (Wildman–Crippen MR) is 76.1 cm³/mol. The Bertz CT molecular complexity index is 655. The topological polar surface area (TPSA) is 38.7 Å². The monoisotopic (exact) mass is 247 g/mol. The van der Waals surface area contributed by atoms with Crippen LogP contribution in [0.3, 0.4) is 0 Å². The lowest BCUT2D eigenvalue weighted by Crippen LogP contribution is -1.97. The van der Waals surface area contributed by atoms with Crippen molar-refractivity contribution in [1.29, 1.82) is 0 Å². The summed E-state index contributed by atoms with van der Waals surface area (Å²) < 4.78 is 0. The first-order valence-electron chi connectivity index (χ1n) is 6.22. The van der Waals surface area contributed by atoms with Crippen LogP contribution >= 0.6 is 0 Å². The highest BCUT2D eigenvalue weighted by molar-refractivity contribution is 5.72. The summed E-state index contributed by atoms with van der Waals surface area (Å²) in [5.41, 5.74) is 2.01. The molecule has 2 aromatic rings. The molecule has 0 amide bonds. The first kappa shape index (κ1) is 11.5. The maximum atomic E-state index is 4.53. The molecule has 0 N–H and O–H groups in total. The summed E-state index contributed by atoms with van der Waals surface area (Å²) in [6.45, 7) is 0. The van der Waals surface area contributed by atoms with Crippen LogP contribution < -0.4 is 0 Å². The van der Waals surface area contributed by atoms with Crippen molar-refractivity contribution in [2.24, 2.45) is 0 Å². The Hall–Kier alpha value is -2.55. The fourth-order valence-electron chi connectivity index (χ4n) is 1.89. The van der Waals surface area contributed by atoms with Crippen molar-refractivity contribution in [1.82, 2.24) is 15.0 Å². The normalized spacial score (nSPS) is 14.0. The highest BCUT2D eigenvalue weighted by atomic mass is 15.0. The number of benzene rings is 1. The van der Waals surface area contributed by atoms with Gasteiger partial charge in [0.25, 0.3) is 0 Å². The summed E-state index contributed by atoms with van der Waals surface area (Å²) in [5.74, 6) is 1.41. The second-order valence-electron chi connectivity index (χ2n) is 4.19. The molecule has 1 heterocycles. The first-order valence-corrected chi connectivity index (χ1v) is 6.22. The lowest BCUT2D eigenvalue weighted by molar-refractivity contribution is 1.03. The van der Waals surface area contributed by atoms with E-state index in [2.05, 4.69) is 27.1 Å². The van der Waals surface area contributed by atoms with Gasteiger partial charge in [0.1, 0.15) is 6.33 Å². The van der Waals surface area contributed by atoms with E-state index < -0.39 is 0 Å². The number of hydrogen-bond acceptors (Lipinski definition) is 3. The zero-order valence-corrected chi connectivity index (χ0v) is 10.4. The average molecular weight is 247 g/mol. The van der Waals surface area contributed by atoms with Gasteiger partial charge in [-0.1, -0.05) is 60.7 Å². The minimum absolute atomic E-state index is 0.702. The third-order valence-electron chi connectivity index (χ3n) is 2.84. The van der Waals surface area contributed by atoms with E-state index in [-0.39, 0.29) is 0 Å². The minimum atomic E-state index is 0.702. The molecule has 0 atom stereocenters. The Morgan fingerprint density at radius 3 is 2.63 bits per heavy atom. The third kappa shape index (κ3) is 2.65. The summed E-state index contributed by atoms with van der Waals surface area (Å²) in [7, 11) is 0. The molecule has 0 saturated carbocycles. The third-order valence-corrected chi connectivity index (χ3v) is 2.84. The largest absolute Gasteiger partial charge is 0.217 e. The second-order valence-corrected chi connectivity index (χ2v) is 4.19. The highest BCUT2D eigenvalue weighted by Crippen LogP contribution is 2.18. The van der Waals surface area contributed by atoms with Gasteiger partial charge in [-0.2, -0.15) is 0 Å². The molecular formula is C16H13N3. The maximum absolute atomic E-state index is 4.53. The number of allylic oxidation sites excluding steroid dienone is 6. The number of rotatable bonds is 2. The maximum Gasteiger partial charge on any atom is 0.163 e. The lowest BCUT2D eigenvalue weighted by atomic mass is 10.2. The lowest BCUT2D eigenvalue weighted by Gasteiger charge is -2.03. The molecule has 1 aromatic heterocycles. The summed E-state index contributed by atoms with van der Waals surface area (Å²) >= 11 is 0.